The van der Waals surface area contributed by atoms with Crippen LogP contribution in [0.25, 0.3) is 0 Å². The Morgan fingerprint density at radius 3 is 2.71 bits per heavy atom. The third-order valence-corrected chi connectivity index (χ3v) is 5.68. The van der Waals surface area contributed by atoms with Crippen LogP contribution < -0.4 is 5.32 Å². The maximum Gasteiger partial charge on any atom is 0.245 e. The SMILES string of the molecule is CC(C)C1NC(c2ccccc2)C(=O)N1CC1CCSC1. The van der Waals surface area contributed by atoms with Gasteiger partial charge < -0.3 is 4.90 Å². The fraction of sp³-hybridized carbons (Fsp3) is 0.588. The Hall–Kier alpha value is -1.00. The van der Waals surface area contributed by atoms with E-state index in [0.29, 0.717) is 11.8 Å². The molecule has 0 saturated carbocycles. The summed E-state index contributed by atoms with van der Waals surface area (Å²) in [5.41, 5.74) is 1.08. The Morgan fingerprint density at radius 1 is 1.33 bits per heavy atom. The van der Waals surface area contributed by atoms with Crippen LogP contribution in [0.1, 0.15) is 31.9 Å². The number of nitrogens with one attached hydrogen (secondary N) is 1. The van der Waals surface area contributed by atoms with Gasteiger partial charge in [-0.15, -0.1) is 0 Å². The van der Waals surface area contributed by atoms with Crippen LogP contribution in [-0.2, 0) is 4.79 Å². The molecule has 2 heterocycles. The fourth-order valence-electron chi connectivity index (χ4n) is 3.28. The number of rotatable bonds is 4. The highest BCUT2D eigenvalue weighted by Crippen LogP contribution is 2.31. The van der Waals surface area contributed by atoms with Crippen molar-refractivity contribution in [3.63, 3.8) is 0 Å². The standard InChI is InChI=1S/C17H24N2OS/c1-12(2)16-18-15(14-6-4-3-5-7-14)17(20)19(16)10-13-8-9-21-11-13/h3-7,12-13,15-16,18H,8-11H2,1-2H3. The molecular formula is C17H24N2OS. The molecule has 1 amide bonds. The average Bonchev–Trinajstić information content (AvgIpc) is 3.10. The van der Waals surface area contributed by atoms with Crippen LogP contribution in [0.15, 0.2) is 30.3 Å². The number of carbonyl (C=O) groups is 1. The highest BCUT2D eigenvalue weighted by atomic mass is 32.2. The van der Waals surface area contributed by atoms with Gasteiger partial charge in [0.15, 0.2) is 0 Å². The summed E-state index contributed by atoms with van der Waals surface area (Å²) in [4.78, 5) is 15.0. The zero-order valence-electron chi connectivity index (χ0n) is 12.8. The molecule has 0 spiro atoms. The van der Waals surface area contributed by atoms with E-state index in [4.69, 9.17) is 0 Å². The quantitative estimate of drug-likeness (QED) is 0.928. The van der Waals surface area contributed by atoms with Gasteiger partial charge in [-0.3, -0.25) is 10.1 Å². The third kappa shape index (κ3) is 3.11. The molecule has 2 aliphatic rings. The zero-order chi connectivity index (χ0) is 14.8. The molecule has 0 aliphatic carbocycles. The van der Waals surface area contributed by atoms with Gasteiger partial charge in [-0.2, -0.15) is 11.8 Å². The van der Waals surface area contributed by atoms with Gasteiger partial charge in [-0.1, -0.05) is 44.2 Å². The number of nitrogens with zero attached hydrogens (tertiary/aromatic N) is 1. The molecule has 3 nitrogen and oxygen atoms in total. The molecule has 2 saturated heterocycles. The molecule has 0 aromatic heterocycles. The van der Waals surface area contributed by atoms with Crippen LogP contribution >= 0.6 is 11.8 Å². The predicted octanol–water partition coefficient (Wildman–Crippen LogP) is 2.89. The third-order valence-electron chi connectivity index (χ3n) is 4.45. The molecule has 4 heteroatoms. The molecule has 3 rings (SSSR count). The van der Waals surface area contributed by atoms with E-state index in [1.807, 2.05) is 42.1 Å². The molecule has 1 aromatic carbocycles. The molecule has 3 atom stereocenters. The van der Waals surface area contributed by atoms with Crippen molar-refractivity contribution < 1.29 is 4.79 Å². The second kappa shape index (κ2) is 6.41. The van der Waals surface area contributed by atoms with Gasteiger partial charge in [0.2, 0.25) is 5.91 Å². The Balaban J connectivity index is 1.78. The van der Waals surface area contributed by atoms with Crippen molar-refractivity contribution in [1.82, 2.24) is 10.2 Å². The minimum atomic E-state index is -0.173. The van der Waals surface area contributed by atoms with Gasteiger partial charge in [-0.25, -0.2) is 0 Å². The lowest BCUT2D eigenvalue weighted by Gasteiger charge is -2.29. The van der Waals surface area contributed by atoms with Gasteiger partial charge in [0.05, 0.1) is 6.17 Å². The highest BCUT2D eigenvalue weighted by molar-refractivity contribution is 7.99. The van der Waals surface area contributed by atoms with Crippen molar-refractivity contribution in [2.24, 2.45) is 11.8 Å². The summed E-state index contributed by atoms with van der Waals surface area (Å²) in [6.07, 6.45) is 1.41. The van der Waals surface area contributed by atoms with E-state index in [0.717, 1.165) is 12.1 Å². The summed E-state index contributed by atoms with van der Waals surface area (Å²) in [7, 11) is 0. The maximum absolute atomic E-state index is 12.9. The number of amides is 1. The Bertz CT molecular complexity index is 485. The van der Waals surface area contributed by atoms with Crippen LogP contribution in [-0.4, -0.2) is 35.0 Å². The van der Waals surface area contributed by atoms with Crippen molar-refractivity contribution in [2.75, 3.05) is 18.1 Å². The van der Waals surface area contributed by atoms with Gasteiger partial charge in [-0.05, 0) is 35.3 Å². The van der Waals surface area contributed by atoms with Crippen LogP contribution in [0.3, 0.4) is 0 Å². The van der Waals surface area contributed by atoms with E-state index < -0.39 is 0 Å². The Morgan fingerprint density at radius 2 is 2.10 bits per heavy atom. The first kappa shape index (κ1) is 14.9. The second-order valence-corrected chi connectivity index (χ2v) is 7.57. The van der Waals surface area contributed by atoms with E-state index >= 15 is 0 Å². The molecule has 3 unspecified atom stereocenters. The second-order valence-electron chi connectivity index (χ2n) is 6.42. The first-order chi connectivity index (χ1) is 10.2. The summed E-state index contributed by atoms with van der Waals surface area (Å²) >= 11 is 2.02. The zero-order valence-corrected chi connectivity index (χ0v) is 13.6. The van der Waals surface area contributed by atoms with E-state index in [1.165, 1.54) is 17.9 Å². The smallest absolute Gasteiger partial charge is 0.245 e. The molecule has 0 radical (unpaired) electrons. The molecule has 2 fully saturated rings. The van der Waals surface area contributed by atoms with Crippen LogP contribution in [0, 0.1) is 11.8 Å². The lowest BCUT2D eigenvalue weighted by Crippen LogP contribution is -2.43. The van der Waals surface area contributed by atoms with Crippen molar-refractivity contribution in [3.05, 3.63) is 35.9 Å². The molecule has 1 aromatic rings. The Kier molecular flexibility index (Phi) is 4.55. The number of thioether (sulfide) groups is 1. The molecule has 0 bridgehead atoms. The topological polar surface area (TPSA) is 32.3 Å². The maximum atomic E-state index is 12.9. The lowest BCUT2D eigenvalue weighted by molar-refractivity contribution is -0.131. The summed E-state index contributed by atoms with van der Waals surface area (Å²) in [6, 6.07) is 9.92. The minimum absolute atomic E-state index is 0.160. The molecular weight excluding hydrogens is 280 g/mol. The molecule has 2 aliphatic heterocycles. The van der Waals surface area contributed by atoms with Crippen molar-refractivity contribution >= 4 is 17.7 Å². The van der Waals surface area contributed by atoms with Gasteiger partial charge in [0, 0.05) is 6.54 Å². The molecule has 1 N–H and O–H groups in total. The van der Waals surface area contributed by atoms with Gasteiger partial charge in [0.25, 0.3) is 0 Å². The van der Waals surface area contributed by atoms with Crippen LogP contribution in [0.4, 0.5) is 0 Å². The number of benzene rings is 1. The van der Waals surface area contributed by atoms with Gasteiger partial charge in [0.1, 0.15) is 6.04 Å². The number of hydrogen-bond acceptors (Lipinski definition) is 3. The fourth-order valence-corrected chi connectivity index (χ4v) is 4.55. The summed E-state index contributed by atoms with van der Waals surface area (Å²) in [5, 5.41) is 3.55. The highest BCUT2D eigenvalue weighted by Gasteiger charge is 2.41. The summed E-state index contributed by atoms with van der Waals surface area (Å²) < 4.78 is 0. The normalized spacial score (nSPS) is 29.6. The largest absolute Gasteiger partial charge is 0.325 e. The molecule has 114 valence electrons. The predicted molar refractivity (Wildman–Crippen MR) is 88.1 cm³/mol. The summed E-state index contributed by atoms with van der Waals surface area (Å²) in [5.74, 6) is 3.78. The van der Waals surface area contributed by atoms with Crippen LogP contribution in [0.2, 0.25) is 0 Å². The minimum Gasteiger partial charge on any atom is -0.325 e. The summed E-state index contributed by atoms with van der Waals surface area (Å²) in [6.45, 7) is 5.29. The average molecular weight is 304 g/mol. The van der Waals surface area contributed by atoms with E-state index in [1.54, 1.807) is 0 Å². The first-order valence-electron chi connectivity index (χ1n) is 7.86. The van der Waals surface area contributed by atoms with Crippen LogP contribution in [0.5, 0.6) is 0 Å². The lowest BCUT2D eigenvalue weighted by atomic mass is 10.1. The van der Waals surface area contributed by atoms with E-state index in [-0.39, 0.29) is 18.1 Å². The number of hydrogen-bond donors (Lipinski definition) is 1. The Labute approximate surface area is 131 Å². The monoisotopic (exact) mass is 304 g/mol. The van der Waals surface area contributed by atoms with Gasteiger partial charge >= 0.3 is 0 Å². The number of carbonyl (C=O) groups excluding carboxylic acids is 1. The van der Waals surface area contributed by atoms with Crippen molar-refractivity contribution in [2.45, 2.75) is 32.5 Å². The first-order valence-corrected chi connectivity index (χ1v) is 9.01. The van der Waals surface area contributed by atoms with Crippen molar-refractivity contribution in [1.29, 1.82) is 0 Å². The molecule has 21 heavy (non-hydrogen) atoms. The van der Waals surface area contributed by atoms with E-state index in [2.05, 4.69) is 24.1 Å². The van der Waals surface area contributed by atoms with E-state index in [9.17, 15) is 4.79 Å². The van der Waals surface area contributed by atoms with Crippen molar-refractivity contribution in [3.8, 4) is 0 Å².